The number of amides is 4. The second-order valence-electron chi connectivity index (χ2n) is 8.94. The van der Waals surface area contributed by atoms with Gasteiger partial charge in [0.25, 0.3) is 5.69 Å². The maximum Gasteiger partial charge on any atom is 0.269 e. The van der Waals surface area contributed by atoms with Gasteiger partial charge in [0.2, 0.25) is 23.6 Å². The van der Waals surface area contributed by atoms with Crippen molar-refractivity contribution < 1.29 is 24.1 Å². The van der Waals surface area contributed by atoms with Crippen molar-refractivity contribution in [1.29, 1.82) is 0 Å². The molecule has 3 aromatic rings. The Morgan fingerprint density at radius 2 is 1.07 bits per heavy atom. The Morgan fingerprint density at radius 1 is 0.675 bits per heavy atom. The van der Waals surface area contributed by atoms with Crippen LogP contribution in [0.15, 0.2) is 84.9 Å². The Labute approximate surface area is 237 Å². The fourth-order valence-corrected chi connectivity index (χ4v) is 5.44. The molecule has 2 fully saturated rings. The van der Waals surface area contributed by atoms with Crippen molar-refractivity contribution in [2.24, 2.45) is 11.8 Å². The number of hydrogen-bond donors (Lipinski definition) is 2. The van der Waals surface area contributed by atoms with Crippen LogP contribution in [0.2, 0.25) is 0 Å². The third kappa shape index (κ3) is 4.72. The number of anilines is 2. The van der Waals surface area contributed by atoms with Gasteiger partial charge in [-0.1, -0.05) is 48.5 Å². The van der Waals surface area contributed by atoms with E-state index in [-0.39, 0.29) is 21.5 Å². The van der Waals surface area contributed by atoms with Crippen LogP contribution in [0.3, 0.4) is 0 Å². The van der Waals surface area contributed by atoms with Gasteiger partial charge in [-0.2, -0.15) is 0 Å². The van der Waals surface area contributed by atoms with Crippen molar-refractivity contribution in [2.45, 2.75) is 5.92 Å². The van der Waals surface area contributed by atoms with Crippen LogP contribution in [0.5, 0.6) is 0 Å². The zero-order chi connectivity index (χ0) is 28.6. The van der Waals surface area contributed by atoms with Crippen LogP contribution in [-0.4, -0.2) is 38.8 Å². The number of nitrogens with zero attached hydrogens (tertiary/aromatic N) is 3. The van der Waals surface area contributed by atoms with Gasteiger partial charge in [0, 0.05) is 18.1 Å². The summed E-state index contributed by atoms with van der Waals surface area (Å²) in [5, 5.41) is 16.0. The Kier molecular flexibility index (Phi) is 7.15. The lowest BCUT2D eigenvalue weighted by Gasteiger charge is -2.41. The van der Waals surface area contributed by atoms with Crippen molar-refractivity contribution in [2.75, 3.05) is 9.80 Å². The van der Waals surface area contributed by atoms with Crippen molar-refractivity contribution >= 4 is 75.4 Å². The van der Waals surface area contributed by atoms with Crippen LogP contribution in [0.1, 0.15) is 11.5 Å². The van der Waals surface area contributed by atoms with Crippen LogP contribution < -0.4 is 20.4 Å². The van der Waals surface area contributed by atoms with Gasteiger partial charge in [0.05, 0.1) is 16.3 Å². The smallest absolute Gasteiger partial charge is 0.269 e. The molecule has 4 amide bonds. The minimum Gasteiger partial charge on any atom is -0.302 e. The molecule has 0 saturated carbocycles. The van der Waals surface area contributed by atoms with Crippen LogP contribution in [0.4, 0.5) is 17.1 Å². The van der Waals surface area contributed by atoms with Gasteiger partial charge in [-0.15, -0.1) is 0 Å². The molecule has 2 saturated heterocycles. The maximum absolute atomic E-state index is 14.0. The summed E-state index contributed by atoms with van der Waals surface area (Å²) in [4.78, 5) is 67.8. The number of nitro groups is 1. The summed E-state index contributed by atoms with van der Waals surface area (Å²) in [7, 11) is 0. The monoisotopic (exact) mass is 573 g/mol. The normalized spacial score (nSPS) is 20.2. The minimum atomic E-state index is -1.60. The maximum atomic E-state index is 14.0. The Morgan fingerprint density at radius 3 is 1.45 bits per heavy atom. The van der Waals surface area contributed by atoms with E-state index in [9.17, 15) is 29.3 Å². The molecule has 200 valence electrons. The number of thiocarbonyl (C=S) groups is 2. The minimum absolute atomic E-state index is 0.161. The van der Waals surface area contributed by atoms with Gasteiger partial charge in [-0.25, -0.2) is 0 Å². The first-order chi connectivity index (χ1) is 19.2. The Bertz CT molecular complexity index is 1480. The lowest BCUT2D eigenvalue weighted by atomic mass is 9.73. The number of benzene rings is 3. The first-order valence-electron chi connectivity index (χ1n) is 11.9. The lowest BCUT2D eigenvalue weighted by molar-refractivity contribution is -0.384. The zero-order valence-electron chi connectivity index (χ0n) is 20.4. The van der Waals surface area contributed by atoms with Crippen LogP contribution in [0, 0.1) is 22.0 Å². The Hall–Kier alpha value is -4.88. The number of nitrogens with one attached hydrogen (secondary N) is 2. The molecular formula is C27H19N5O6S2. The number of carbonyl (C=O) groups excluding carboxylic acids is 4. The third-order valence-electron chi connectivity index (χ3n) is 6.64. The van der Waals surface area contributed by atoms with Gasteiger partial charge < -0.3 is 10.6 Å². The quantitative estimate of drug-likeness (QED) is 0.198. The average Bonchev–Trinajstić information content (AvgIpc) is 2.93. The number of rotatable bonds is 6. The molecular weight excluding hydrogens is 554 g/mol. The van der Waals surface area contributed by atoms with Gasteiger partial charge in [-0.3, -0.25) is 39.1 Å². The molecule has 0 spiro atoms. The van der Waals surface area contributed by atoms with Crippen molar-refractivity contribution in [3.8, 4) is 0 Å². The molecule has 2 aliphatic rings. The summed E-state index contributed by atoms with van der Waals surface area (Å²) in [6.07, 6.45) is 0. The summed E-state index contributed by atoms with van der Waals surface area (Å²) in [6.45, 7) is 0. The molecule has 40 heavy (non-hydrogen) atoms. The van der Waals surface area contributed by atoms with Crippen molar-refractivity contribution in [3.05, 3.63) is 101 Å². The molecule has 0 bridgehead atoms. The predicted octanol–water partition coefficient (Wildman–Crippen LogP) is 2.81. The van der Waals surface area contributed by atoms with E-state index in [4.69, 9.17) is 24.4 Å². The summed E-state index contributed by atoms with van der Waals surface area (Å²) in [5.74, 6) is -7.72. The van der Waals surface area contributed by atoms with E-state index < -0.39 is 46.3 Å². The second kappa shape index (κ2) is 10.7. The highest BCUT2D eigenvalue weighted by Crippen LogP contribution is 2.40. The van der Waals surface area contributed by atoms with Gasteiger partial charge in [0.15, 0.2) is 10.2 Å². The zero-order valence-corrected chi connectivity index (χ0v) is 22.1. The fourth-order valence-electron chi connectivity index (χ4n) is 4.85. The van der Waals surface area contributed by atoms with E-state index >= 15 is 0 Å². The van der Waals surface area contributed by atoms with E-state index in [0.29, 0.717) is 11.4 Å². The molecule has 3 atom stereocenters. The lowest BCUT2D eigenvalue weighted by Crippen LogP contribution is -2.64. The van der Waals surface area contributed by atoms with E-state index in [0.717, 1.165) is 9.80 Å². The van der Waals surface area contributed by atoms with Crippen molar-refractivity contribution in [3.63, 3.8) is 0 Å². The standard InChI is InChI=1S/C27H19N5O6S2/c33-22-20(24(35)30(26(39)28-22)16-7-3-1-4-8-16)19(15-11-13-18(14-12-15)32(37)38)21-23(34)29-27(40)31(25(21)36)17-9-5-2-6-10-17/h1-14,19-21H,(H,28,33,39)(H,29,34,40)/t19?,20-,21+. The molecule has 0 radical (unpaired) electrons. The van der Waals surface area contributed by atoms with Gasteiger partial charge in [0.1, 0.15) is 11.8 Å². The summed E-state index contributed by atoms with van der Waals surface area (Å²) in [6, 6.07) is 21.7. The van der Waals surface area contributed by atoms with Crippen LogP contribution in [-0.2, 0) is 19.2 Å². The first-order valence-corrected chi connectivity index (χ1v) is 12.7. The highest BCUT2D eigenvalue weighted by Gasteiger charge is 2.53. The topological polar surface area (TPSA) is 142 Å². The number of nitro benzene ring substituents is 1. The molecule has 2 heterocycles. The molecule has 5 rings (SSSR count). The second-order valence-corrected chi connectivity index (χ2v) is 9.71. The highest BCUT2D eigenvalue weighted by molar-refractivity contribution is 7.80. The Balaban J connectivity index is 1.65. The van der Waals surface area contributed by atoms with E-state index in [1.54, 1.807) is 60.7 Å². The molecule has 13 heteroatoms. The summed E-state index contributed by atoms with van der Waals surface area (Å²) in [5.41, 5.74) is 0.683. The molecule has 2 aliphatic heterocycles. The number of para-hydroxylation sites is 2. The van der Waals surface area contributed by atoms with Crippen LogP contribution in [0.25, 0.3) is 0 Å². The van der Waals surface area contributed by atoms with Crippen molar-refractivity contribution in [1.82, 2.24) is 10.6 Å². The molecule has 1 unspecified atom stereocenters. The van der Waals surface area contributed by atoms with E-state index in [1.165, 1.54) is 24.3 Å². The number of non-ortho nitro benzene ring substituents is 1. The fraction of sp³-hybridized carbons (Fsp3) is 0.111. The van der Waals surface area contributed by atoms with Gasteiger partial charge >= 0.3 is 0 Å². The van der Waals surface area contributed by atoms with Gasteiger partial charge in [-0.05, 0) is 54.3 Å². The summed E-state index contributed by atoms with van der Waals surface area (Å²) >= 11 is 10.6. The largest absolute Gasteiger partial charge is 0.302 e. The first kappa shape index (κ1) is 26.7. The molecule has 0 aliphatic carbocycles. The number of carbonyl (C=O) groups is 4. The van der Waals surface area contributed by atoms with Crippen LogP contribution >= 0.6 is 24.4 Å². The predicted molar refractivity (Wildman–Crippen MR) is 152 cm³/mol. The molecule has 2 N–H and O–H groups in total. The highest BCUT2D eigenvalue weighted by atomic mass is 32.1. The van der Waals surface area contributed by atoms with E-state index in [2.05, 4.69) is 10.6 Å². The molecule has 11 nitrogen and oxygen atoms in total. The number of hydrogen-bond acceptors (Lipinski definition) is 8. The average molecular weight is 574 g/mol. The summed E-state index contributed by atoms with van der Waals surface area (Å²) < 4.78 is 0. The molecule has 3 aromatic carbocycles. The SMILES string of the molecule is O=C1NC(=S)N(c2ccccc2)C(=O)[C@@H]1C(c1ccc([N+](=O)[O-])cc1)[C@H]1C(=O)NC(=S)N(c2ccccc2)C1=O. The third-order valence-corrected chi connectivity index (χ3v) is 7.21. The van der Waals surface area contributed by atoms with E-state index in [1.807, 2.05) is 0 Å². The molecule has 0 aromatic heterocycles.